The van der Waals surface area contributed by atoms with E-state index in [2.05, 4.69) is 9.98 Å². The number of nitrogens with zero attached hydrogens (tertiary/aromatic N) is 2. The van der Waals surface area contributed by atoms with Crippen LogP contribution in [0.15, 0.2) is 35.5 Å². The number of hydrogen-bond donors (Lipinski definition) is 1. The van der Waals surface area contributed by atoms with Gasteiger partial charge in [-0.2, -0.15) is 0 Å². The maximum Gasteiger partial charge on any atom is 0.187 e. The first-order valence-corrected chi connectivity index (χ1v) is 6.17. The highest BCUT2D eigenvalue weighted by Crippen LogP contribution is 2.29. The topological polar surface area (TPSA) is 51.3 Å². The fraction of sp³-hybridized carbons (Fsp3) is 0.0667. The maximum atomic E-state index is 13.6. The average molecular weight is 309 g/mol. The summed E-state index contributed by atoms with van der Waals surface area (Å²) in [5.41, 5.74) is 4.51. The number of aliphatic imine (C=N–C) groups is 1. The van der Waals surface area contributed by atoms with Crippen LogP contribution in [0, 0.1) is 30.2 Å². The first-order valence-electron chi connectivity index (χ1n) is 6.17. The van der Waals surface area contributed by atoms with Crippen LogP contribution < -0.4 is 5.73 Å². The molecule has 7 heteroatoms. The fourth-order valence-electron chi connectivity index (χ4n) is 1.65. The number of hydrogen-bond acceptors (Lipinski definition) is 3. The first kappa shape index (κ1) is 15.7. The Balaban J connectivity index is 2.36. The Labute approximate surface area is 123 Å². The summed E-state index contributed by atoms with van der Waals surface area (Å²) in [7, 11) is 0. The van der Waals surface area contributed by atoms with E-state index in [-0.39, 0.29) is 5.70 Å². The molecule has 0 unspecified atom stereocenters. The fourth-order valence-corrected chi connectivity index (χ4v) is 1.65. The second kappa shape index (κ2) is 6.38. The lowest BCUT2D eigenvalue weighted by Crippen LogP contribution is -2.00. The molecule has 0 atom stereocenters. The lowest BCUT2D eigenvalue weighted by Gasteiger charge is -2.05. The second-order valence-electron chi connectivity index (χ2n) is 4.34. The summed E-state index contributed by atoms with van der Waals surface area (Å²) >= 11 is 0. The molecular formula is C15H11F4N3. The predicted octanol–water partition coefficient (Wildman–Crippen LogP) is 3.65. The molecule has 0 amide bonds. The molecule has 0 radical (unpaired) electrons. The van der Waals surface area contributed by atoms with Crippen LogP contribution in [0.3, 0.4) is 0 Å². The van der Waals surface area contributed by atoms with Crippen LogP contribution >= 0.6 is 0 Å². The highest BCUT2D eigenvalue weighted by molar-refractivity contribution is 5.84. The van der Waals surface area contributed by atoms with E-state index in [0.717, 1.165) is 13.1 Å². The van der Waals surface area contributed by atoms with Crippen molar-refractivity contribution in [3.63, 3.8) is 0 Å². The zero-order valence-corrected chi connectivity index (χ0v) is 11.4. The molecule has 0 saturated heterocycles. The van der Waals surface area contributed by atoms with Crippen molar-refractivity contribution < 1.29 is 17.6 Å². The molecule has 2 N–H and O–H groups in total. The van der Waals surface area contributed by atoms with Crippen LogP contribution in [-0.4, -0.2) is 11.2 Å². The Morgan fingerprint density at radius 2 is 1.73 bits per heavy atom. The van der Waals surface area contributed by atoms with Crippen molar-refractivity contribution in [3.05, 3.63) is 65.0 Å². The Hall–Kier alpha value is -2.70. The molecule has 0 saturated carbocycles. The van der Waals surface area contributed by atoms with Gasteiger partial charge in [0.25, 0.3) is 0 Å². The van der Waals surface area contributed by atoms with Gasteiger partial charge in [0.2, 0.25) is 0 Å². The molecule has 114 valence electrons. The number of rotatable bonds is 3. The van der Waals surface area contributed by atoms with Crippen molar-refractivity contribution in [2.24, 2.45) is 10.7 Å². The van der Waals surface area contributed by atoms with Gasteiger partial charge in [-0.05, 0) is 25.1 Å². The Kier molecular flexibility index (Phi) is 4.55. The minimum absolute atomic E-state index is 0.179. The molecule has 0 fully saturated rings. The minimum Gasteiger partial charge on any atom is -0.397 e. The monoisotopic (exact) mass is 309 g/mol. The number of pyridine rings is 1. The minimum atomic E-state index is -1.56. The van der Waals surface area contributed by atoms with Crippen molar-refractivity contribution in [2.45, 2.75) is 6.92 Å². The van der Waals surface area contributed by atoms with Crippen LogP contribution in [0.25, 0.3) is 5.70 Å². The highest BCUT2D eigenvalue weighted by Gasteiger charge is 2.22. The smallest absolute Gasteiger partial charge is 0.187 e. The van der Waals surface area contributed by atoms with Crippen molar-refractivity contribution in [1.82, 2.24) is 4.98 Å². The number of allylic oxidation sites excluding steroid dienone is 1. The third kappa shape index (κ3) is 2.98. The second-order valence-corrected chi connectivity index (χ2v) is 4.34. The molecule has 0 spiro atoms. The zero-order chi connectivity index (χ0) is 16.3. The number of benzene rings is 1. The van der Waals surface area contributed by atoms with Crippen LogP contribution in [0.4, 0.5) is 23.2 Å². The van der Waals surface area contributed by atoms with E-state index in [1.165, 1.54) is 12.3 Å². The van der Waals surface area contributed by atoms with Crippen LogP contribution in [0.1, 0.15) is 11.3 Å². The van der Waals surface area contributed by atoms with Crippen molar-refractivity contribution in [2.75, 3.05) is 0 Å². The summed E-state index contributed by atoms with van der Waals surface area (Å²) in [5.74, 6) is -6.07. The summed E-state index contributed by atoms with van der Waals surface area (Å²) in [6.07, 6.45) is 3.67. The van der Waals surface area contributed by atoms with Crippen molar-refractivity contribution >= 4 is 17.6 Å². The van der Waals surface area contributed by atoms with Crippen LogP contribution in [0.2, 0.25) is 0 Å². The molecular weight excluding hydrogens is 298 g/mol. The number of aromatic nitrogens is 1. The summed E-state index contributed by atoms with van der Waals surface area (Å²) in [6, 6.07) is 5.00. The lowest BCUT2D eigenvalue weighted by molar-refractivity contribution is 0.449. The van der Waals surface area contributed by atoms with Gasteiger partial charge in [-0.25, -0.2) is 17.6 Å². The molecule has 1 heterocycles. The molecule has 2 rings (SSSR count). The SMILES string of the molecule is Cc1c(F)c(F)c(N=CC=C(N)c2ccccn2)c(F)c1F. The molecule has 0 bridgehead atoms. The Morgan fingerprint density at radius 3 is 2.27 bits per heavy atom. The van der Waals surface area contributed by atoms with Gasteiger partial charge in [0.1, 0.15) is 5.69 Å². The summed E-state index contributed by atoms with van der Waals surface area (Å²) in [5, 5.41) is 0. The van der Waals surface area contributed by atoms with E-state index in [1.807, 2.05) is 0 Å². The van der Waals surface area contributed by atoms with Gasteiger partial charge in [0.05, 0.1) is 11.4 Å². The van der Waals surface area contributed by atoms with Gasteiger partial charge < -0.3 is 5.73 Å². The molecule has 1 aromatic heterocycles. The molecule has 2 aromatic rings. The predicted molar refractivity (Wildman–Crippen MR) is 75.6 cm³/mol. The Morgan fingerprint density at radius 1 is 1.09 bits per heavy atom. The zero-order valence-electron chi connectivity index (χ0n) is 11.4. The number of halogens is 4. The van der Waals surface area contributed by atoms with Gasteiger partial charge in [-0.1, -0.05) is 6.07 Å². The van der Waals surface area contributed by atoms with Gasteiger partial charge in [-0.3, -0.25) is 9.98 Å². The van der Waals surface area contributed by atoms with Gasteiger partial charge in [0, 0.05) is 18.0 Å². The normalized spacial score (nSPS) is 12.1. The summed E-state index contributed by atoms with van der Waals surface area (Å²) < 4.78 is 53.9. The van der Waals surface area contributed by atoms with E-state index in [4.69, 9.17) is 5.73 Å². The van der Waals surface area contributed by atoms with Gasteiger partial charge >= 0.3 is 0 Å². The van der Waals surface area contributed by atoms with Gasteiger partial charge in [0.15, 0.2) is 23.3 Å². The van der Waals surface area contributed by atoms with Crippen molar-refractivity contribution in [3.8, 4) is 0 Å². The molecule has 1 aromatic carbocycles. The quantitative estimate of drug-likeness (QED) is 0.534. The summed E-state index contributed by atoms with van der Waals surface area (Å²) in [4.78, 5) is 7.35. The number of nitrogens with two attached hydrogens (primary N) is 1. The third-order valence-electron chi connectivity index (χ3n) is 2.88. The van der Waals surface area contributed by atoms with E-state index >= 15 is 0 Å². The molecule has 0 aliphatic heterocycles. The first-order chi connectivity index (χ1) is 10.4. The maximum absolute atomic E-state index is 13.6. The molecule has 0 aliphatic carbocycles. The van der Waals surface area contributed by atoms with E-state index < -0.39 is 34.5 Å². The Bertz CT molecular complexity index is 726. The lowest BCUT2D eigenvalue weighted by atomic mass is 10.2. The molecule has 22 heavy (non-hydrogen) atoms. The summed E-state index contributed by atoms with van der Waals surface area (Å²) in [6.45, 7) is 0.934. The average Bonchev–Trinajstić information content (AvgIpc) is 2.55. The van der Waals surface area contributed by atoms with E-state index in [9.17, 15) is 17.6 Å². The largest absolute Gasteiger partial charge is 0.397 e. The standard InChI is InChI=1S/C15H11F4N3/c1-8-11(16)13(18)15(14(19)12(8)17)22-7-5-9(20)10-4-2-3-6-21-10/h2-7H,20H2,1H3. The van der Waals surface area contributed by atoms with Crippen molar-refractivity contribution in [1.29, 1.82) is 0 Å². The van der Waals surface area contributed by atoms with E-state index in [0.29, 0.717) is 5.69 Å². The molecule has 0 aliphatic rings. The van der Waals surface area contributed by atoms with Crippen LogP contribution in [-0.2, 0) is 0 Å². The third-order valence-corrected chi connectivity index (χ3v) is 2.88. The highest BCUT2D eigenvalue weighted by atomic mass is 19.2. The van der Waals surface area contributed by atoms with E-state index in [1.54, 1.807) is 18.2 Å². The molecule has 3 nitrogen and oxygen atoms in total. The van der Waals surface area contributed by atoms with Crippen LogP contribution in [0.5, 0.6) is 0 Å². The van der Waals surface area contributed by atoms with Gasteiger partial charge in [-0.15, -0.1) is 0 Å².